The zero-order valence-electron chi connectivity index (χ0n) is 13.9. The summed E-state index contributed by atoms with van der Waals surface area (Å²) < 4.78 is 15.1. The molecule has 0 aliphatic heterocycles. The molecule has 2 aromatic carbocycles. The lowest BCUT2D eigenvalue weighted by Gasteiger charge is -2.13. The van der Waals surface area contributed by atoms with E-state index in [4.69, 9.17) is 0 Å². The number of hydrogen-bond donors (Lipinski definition) is 2. The smallest absolute Gasteiger partial charge is 0.319 e. The van der Waals surface area contributed by atoms with Gasteiger partial charge in [0.25, 0.3) is 0 Å². The maximum absolute atomic E-state index is 13.3. The Hall–Kier alpha value is -3.15. The first-order valence-electron chi connectivity index (χ1n) is 7.97. The van der Waals surface area contributed by atoms with Gasteiger partial charge in [0.15, 0.2) is 0 Å². The van der Waals surface area contributed by atoms with Crippen molar-refractivity contribution in [3.63, 3.8) is 0 Å². The van der Waals surface area contributed by atoms with Crippen LogP contribution < -0.4 is 10.6 Å². The molecule has 0 atom stereocenters. The van der Waals surface area contributed by atoms with E-state index in [0.29, 0.717) is 18.8 Å². The normalized spacial score (nSPS) is 10.5. The van der Waals surface area contributed by atoms with E-state index in [-0.39, 0.29) is 11.8 Å². The van der Waals surface area contributed by atoms with Crippen LogP contribution in [0.5, 0.6) is 0 Å². The van der Waals surface area contributed by atoms with Crippen LogP contribution in [0, 0.1) is 12.7 Å². The minimum atomic E-state index is -0.384. The lowest BCUT2D eigenvalue weighted by atomic mass is 10.1. The van der Waals surface area contributed by atoms with Gasteiger partial charge in [0, 0.05) is 24.6 Å². The second kappa shape index (κ2) is 7.61. The highest BCUT2D eigenvalue weighted by molar-refractivity contribution is 5.90. The molecule has 0 radical (unpaired) electrons. The summed E-state index contributed by atoms with van der Waals surface area (Å²) in [6, 6.07) is 13.7. The van der Waals surface area contributed by atoms with Crippen LogP contribution in [0.3, 0.4) is 0 Å². The van der Waals surface area contributed by atoms with E-state index in [0.717, 1.165) is 16.7 Å². The first kappa shape index (κ1) is 16.7. The third-order valence-electron chi connectivity index (χ3n) is 3.90. The fourth-order valence-corrected chi connectivity index (χ4v) is 2.52. The predicted octanol–water partition coefficient (Wildman–Crippen LogP) is 3.70. The van der Waals surface area contributed by atoms with Crippen molar-refractivity contribution in [2.45, 2.75) is 20.0 Å². The third-order valence-corrected chi connectivity index (χ3v) is 3.90. The van der Waals surface area contributed by atoms with Gasteiger partial charge in [-0.1, -0.05) is 30.3 Å². The van der Waals surface area contributed by atoms with Gasteiger partial charge in [-0.25, -0.2) is 9.18 Å². The molecule has 0 aliphatic carbocycles. The van der Waals surface area contributed by atoms with Crippen LogP contribution >= 0.6 is 0 Å². The molecule has 1 aromatic heterocycles. The summed E-state index contributed by atoms with van der Waals surface area (Å²) in [6.45, 7) is 2.82. The number of rotatable bonds is 5. The molecule has 6 heteroatoms. The van der Waals surface area contributed by atoms with Crippen molar-refractivity contribution in [1.82, 2.24) is 15.1 Å². The van der Waals surface area contributed by atoms with Crippen LogP contribution in [0.4, 0.5) is 14.9 Å². The van der Waals surface area contributed by atoms with E-state index >= 15 is 0 Å². The molecule has 0 unspecified atom stereocenters. The number of nitrogens with zero attached hydrogens (tertiary/aromatic N) is 2. The molecule has 0 saturated carbocycles. The predicted molar refractivity (Wildman–Crippen MR) is 94.8 cm³/mol. The second-order valence-electron chi connectivity index (χ2n) is 5.74. The Balaban J connectivity index is 1.63. The number of amides is 2. The van der Waals surface area contributed by atoms with Crippen LogP contribution in [0.2, 0.25) is 0 Å². The standard InChI is InChI=1S/C19H19FN4O/c1-14-7-8-17(20)11-18(14)23-19(25)21-12-15-5-2-3-6-16(15)13-24-10-4-9-22-24/h2-11H,12-13H2,1H3,(H2,21,23,25). The van der Waals surface area contributed by atoms with Gasteiger partial charge < -0.3 is 10.6 Å². The van der Waals surface area contributed by atoms with Crippen LogP contribution in [0.25, 0.3) is 0 Å². The van der Waals surface area contributed by atoms with Crippen molar-refractivity contribution in [3.05, 3.63) is 83.4 Å². The van der Waals surface area contributed by atoms with Crippen molar-refractivity contribution in [2.24, 2.45) is 0 Å². The fraction of sp³-hybridized carbons (Fsp3) is 0.158. The van der Waals surface area contributed by atoms with E-state index in [2.05, 4.69) is 15.7 Å². The molecule has 128 valence electrons. The number of carbonyl (C=O) groups is 1. The quantitative estimate of drug-likeness (QED) is 0.745. The van der Waals surface area contributed by atoms with E-state index in [1.165, 1.54) is 12.1 Å². The Morgan fingerprint density at radius 2 is 1.96 bits per heavy atom. The molecule has 0 bridgehead atoms. The number of halogens is 1. The lowest BCUT2D eigenvalue weighted by molar-refractivity contribution is 0.251. The Morgan fingerprint density at radius 3 is 2.72 bits per heavy atom. The Bertz CT molecular complexity index is 862. The van der Waals surface area contributed by atoms with Crippen molar-refractivity contribution in [2.75, 3.05) is 5.32 Å². The molecule has 1 heterocycles. The zero-order valence-corrected chi connectivity index (χ0v) is 13.9. The van der Waals surface area contributed by atoms with E-state index in [1.807, 2.05) is 48.1 Å². The SMILES string of the molecule is Cc1ccc(F)cc1NC(=O)NCc1ccccc1Cn1cccn1. The van der Waals surface area contributed by atoms with Crippen molar-refractivity contribution < 1.29 is 9.18 Å². The lowest BCUT2D eigenvalue weighted by Crippen LogP contribution is -2.29. The average Bonchev–Trinajstić information content (AvgIpc) is 3.10. The number of anilines is 1. The summed E-state index contributed by atoms with van der Waals surface area (Å²) in [5.74, 6) is -0.384. The first-order valence-corrected chi connectivity index (χ1v) is 7.97. The monoisotopic (exact) mass is 338 g/mol. The highest BCUT2D eigenvalue weighted by Crippen LogP contribution is 2.16. The van der Waals surface area contributed by atoms with Gasteiger partial charge in [0.05, 0.1) is 6.54 Å². The number of carbonyl (C=O) groups excluding carboxylic acids is 1. The Morgan fingerprint density at radius 1 is 1.16 bits per heavy atom. The topological polar surface area (TPSA) is 59.0 Å². The van der Waals surface area contributed by atoms with Gasteiger partial charge in [0.2, 0.25) is 0 Å². The van der Waals surface area contributed by atoms with Crippen LogP contribution in [0.15, 0.2) is 60.9 Å². The summed E-state index contributed by atoms with van der Waals surface area (Å²) in [5.41, 5.74) is 3.34. The van der Waals surface area contributed by atoms with Crippen LogP contribution in [-0.4, -0.2) is 15.8 Å². The molecule has 0 spiro atoms. The van der Waals surface area contributed by atoms with Crippen LogP contribution in [0.1, 0.15) is 16.7 Å². The Labute approximate surface area is 145 Å². The summed E-state index contributed by atoms with van der Waals surface area (Å²) in [5, 5.41) is 9.69. The summed E-state index contributed by atoms with van der Waals surface area (Å²) in [6.07, 6.45) is 3.62. The zero-order chi connectivity index (χ0) is 17.6. The number of urea groups is 1. The molecule has 2 amide bonds. The van der Waals surface area contributed by atoms with E-state index < -0.39 is 0 Å². The van der Waals surface area contributed by atoms with Gasteiger partial charge >= 0.3 is 6.03 Å². The molecule has 3 aromatic rings. The van der Waals surface area contributed by atoms with Gasteiger partial charge in [0.1, 0.15) is 5.82 Å². The Kier molecular flexibility index (Phi) is 5.09. The van der Waals surface area contributed by atoms with E-state index in [1.54, 1.807) is 12.3 Å². The molecule has 0 aliphatic rings. The fourth-order valence-electron chi connectivity index (χ4n) is 2.52. The third kappa shape index (κ3) is 4.44. The van der Waals surface area contributed by atoms with Crippen molar-refractivity contribution in [3.8, 4) is 0 Å². The van der Waals surface area contributed by atoms with E-state index in [9.17, 15) is 9.18 Å². The molecule has 2 N–H and O–H groups in total. The minimum Gasteiger partial charge on any atom is -0.334 e. The molecule has 0 saturated heterocycles. The number of aromatic nitrogens is 2. The number of nitrogens with one attached hydrogen (secondary N) is 2. The molecular formula is C19H19FN4O. The maximum Gasteiger partial charge on any atom is 0.319 e. The van der Waals surface area contributed by atoms with Gasteiger partial charge in [-0.15, -0.1) is 0 Å². The van der Waals surface area contributed by atoms with Gasteiger partial charge in [-0.2, -0.15) is 5.10 Å². The first-order chi connectivity index (χ1) is 12.1. The summed E-state index contributed by atoms with van der Waals surface area (Å²) in [4.78, 5) is 12.1. The molecule has 25 heavy (non-hydrogen) atoms. The van der Waals surface area contributed by atoms with Crippen LogP contribution in [-0.2, 0) is 13.1 Å². The number of aryl methyl sites for hydroxylation is 1. The highest BCUT2D eigenvalue weighted by Gasteiger charge is 2.08. The van der Waals surface area contributed by atoms with Crippen molar-refractivity contribution >= 4 is 11.7 Å². The van der Waals surface area contributed by atoms with Gasteiger partial charge in [-0.3, -0.25) is 4.68 Å². The van der Waals surface area contributed by atoms with Crippen molar-refractivity contribution in [1.29, 1.82) is 0 Å². The largest absolute Gasteiger partial charge is 0.334 e. The molecule has 3 rings (SSSR count). The van der Waals surface area contributed by atoms with Gasteiger partial charge in [-0.05, 0) is 41.8 Å². The summed E-state index contributed by atoms with van der Waals surface area (Å²) in [7, 11) is 0. The maximum atomic E-state index is 13.3. The number of benzene rings is 2. The summed E-state index contributed by atoms with van der Waals surface area (Å²) >= 11 is 0. The molecular weight excluding hydrogens is 319 g/mol. The molecule has 5 nitrogen and oxygen atoms in total. The average molecular weight is 338 g/mol. The minimum absolute atomic E-state index is 0.373. The molecule has 0 fully saturated rings. The second-order valence-corrected chi connectivity index (χ2v) is 5.74. The highest BCUT2D eigenvalue weighted by atomic mass is 19.1. The number of hydrogen-bond acceptors (Lipinski definition) is 2.